The average Bonchev–Trinajstić information content (AvgIpc) is 2.73. The molecule has 2 N–H and O–H groups in total. The monoisotopic (exact) mass is 392 g/mol. The molecule has 0 unspecified atom stereocenters. The first-order valence-corrected chi connectivity index (χ1v) is 9.70. The number of benzene rings is 2. The standard InChI is InChI=1S/C23H28N4O2/c1-6-18-9-7-8-15(2)22(18)27-23-25-16(3)12-21(26-23)24-14-17-10-11-19(28-4)20(13-17)29-5/h7-13H,6,14H2,1-5H3,(H2,24,25,26,27). The first-order chi connectivity index (χ1) is 14.0. The molecule has 0 aliphatic heterocycles. The van der Waals surface area contributed by atoms with Gasteiger partial charge in [-0.25, -0.2) is 4.98 Å². The Morgan fingerprint density at radius 2 is 1.72 bits per heavy atom. The lowest BCUT2D eigenvalue weighted by Gasteiger charge is -2.15. The third-order valence-electron chi connectivity index (χ3n) is 4.75. The maximum absolute atomic E-state index is 5.38. The van der Waals surface area contributed by atoms with Crippen LogP contribution in [0.4, 0.5) is 17.5 Å². The van der Waals surface area contributed by atoms with Crippen LogP contribution in [0.3, 0.4) is 0 Å². The predicted molar refractivity (Wildman–Crippen MR) is 117 cm³/mol. The van der Waals surface area contributed by atoms with Crippen LogP contribution in [-0.4, -0.2) is 24.2 Å². The molecule has 0 aliphatic carbocycles. The third-order valence-corrected chi connectivity index (χ3v) is 4.75. The molecule has 0 bridgehead atoms. The molecule has 0 atom stereocenters. The number of aromatic nitrogens is 2. The van der Waals surface area contributed by atoms with Gasteiger partial charge in [0.1, 0.15) is 5.82 Å². The van der Waals surface area contributed by atoms with Crippen molar-refractivity contribution in [3.05, 3.63) is 64.8 Å². The van der Waals surface area contributed by atoms with Gasteiger partial charge < -0.3 is 20.1 Å². The molecule has 0 spiro atoms. The van der Waals surface area contributed by atoms with Crippen LogP contribution in [-0.2, 0) is 13.0 Å². The van der Waals surface area contributed by atoms with Crippen molar-refractivity contribution in [1.29, 1.82) is 0 Å². The van der Waals surface area contributed by atoms with E-state index in [1.807, 2.05) is 31.2 Å². The molecule has 6 nitrogen and oxygen atoms in total. The molecule has 1 heterocycles. The van der Waals surface area contributed by atoms with Crippen molar-refractivity contribution in [2.45, 2.75) is 33.7 Å². The van der Waals surface area contributed by atoms with Crippen LogP contribution in [0.5, 0.6) is 11.5 Å². The molecular weight excluding hydrogens is 364 g/mol. The minimum atomic E-state index is 0.587. The predicted octanol–water partition coefficient (Wildman–Crippen LogP) is 5.03. The van der Waals surface area contributed by atoms with Crippen LogP contribution in [0.2, 0.25) is 0 Å². The fraction of sp³-hybridized carbons (Fsp3) is 0.304. The number of nitrogens with one attached hydrogen (secondary N) is 2. The van der Waals surface area contributed by atoms with E-state index in [0.717, 1.165) is 29.2 Å². The van der Waals surface area contributed by atoms with Gasteiger partial charge in [-0.05, 0) is 49.1 Å². The first-order valence-electron chi connectivity index (χ1n) is 9.70. The van der Waals surface area contributed by atoms with Crippen LogP contribution in [0, 0.1) is 13.8 Å². The van der Waals surface area contributed by atoms with Crippen LogP contribution < -0.4 is 20.1 Å². The van der Waals surface area contributed by atoms with Crippen molar-refractivity contribution in [3.8, 4) is 11.5 Å². The lowest BCUT2D eigenvalue weighted by Crippen LogP contribution is -2.07. The van der Waals surface area contributed by atoms with E-state index in [-0.39, 0.29) is 0 Å². The summed E-state index contributed by atoms with van der Waals surface area (Å²) >= 11 is 0. The Hall–Kier alpha value is -3.28. The zero-order valence-corrected chi connectivity index (χ0v) is 17.7. The highest BCUT2D eigenvalue weighted by atomic mass is 16.5. The fourth-order valence-electron chi connectivity index (χ4n) is 3.21. The second-order valence-corrected chi connectivity index (χ2v) is 6.85. The number of aryl methyl sites for hydroxylation is 3. The van der Waals surface area contributed by atoms with E-state index in [4.69, 9.17) is 9.47 Å². The second kappa shape index (κ2) is 9.28. The van der Waals surface area contributed by atoms with Gasteiger partial charge in [-0.15, -0.1) is 0 Å². The molecule has 0 saturated heterocycles. The van der Waals surface area contributed by atoms with Crippen LogP contribution >= 0.6 is 0 Å². The fourth-order valence-corrected chi connectivity index (χ4v) is 3.21. The molecule has 152 valence electrons. The SMILES string of the molecule is CCc1cccc(C)c1Nc1nc(C)cc(NCc2ccc(OC)c(OC)c2)n1. The van der Waals surface area contributed by atoms with Gasteiger partial charge in [0.25, 0.3) is 0 Å². The van der Waals surface area contributed by atoms with Crippen LogP contribution in [0.25, 0.3) is 0 Å². The average molecular weight is 393 g/mol. The molecule has 3 aromatic rings. The zero-order chi connectivity index (χ0) is 20.8. The van der Waals surface area contributed by atoms with Crippen molar-refractivity contribution in [2.75, 3.05) is 24.9 Å². The molecule has 2 aromatic carbocycles. The van der Waals surface area contributed by atoms with E-state index in [9.17, 15) is 0 Å². The van der Waals surface area contributed by atoms with Crippen LogP contribution in [0.15, 0.2) is 42.5 Å². The Kier molecular flexibility index (Phi) is 6.54. The second-order valence-electron chi connectivity index (χ2n) is 6.85. The summed E-state index contributed by atoms with van der Waals surface area (Å²) in [5, 5.41) is 6.78. The molecule has 29 heavy (non-hydrogen) atoms. The Balaban J connectivity index is 1.78. The highest BCUT2D eigenvalue weighted by molar-refractivity contribution is 5.64. The van der Waals surface area contributed by atoms with E-state index in [1.54, 1.807) is 14.2 Å². The van der Waals surface area contributed by atoms with Crippen molar-refractivity contribution < 1.29 is 9.47 Å². The quantitative estimate of drug-likeness (QED) is 0.560. The van der Waals surface area contributed by atoms with Gasteiger partial charge in [0.05, 0.1) is 14.2 Å². The lowest BCUT2D eigenvalue weighted by molar-refractivity contribution is 0.354. The summed E-state index contributed by atoms with van der Waals surface area (Å²) in [5.74, 6) is 2.77. The van der Waals surface area contributed by atoms with Gasteiger partial charge in [-0.3, -0.25) is 0 Å². The molecule has 3 rings (SSSR count). The molecule has 0 radical (unpaired) electrons. The third kappa shape index (κ3) is 4.96. The van der Waals surface area contributed by atoms with Gasteiger partial charge in [-0.1, -0.05) is 31.2 Å². The van der Waals surface area contributed by atoms with E-state index >= 15 is 0 Å². The summed E-state index contributed by atoms with van der Waals surface area (Å²) in [5.41, 5.74) is 5.46. The summed E-state index contributed by atoms with van der Waals surface area (Å²) in [6, 6.07) is 14.1. The number of methoxy groups -OCH3 is 2. The highest BCUT2D eigenvalue weighted by Gasteiger charge is 2.09. The molecule has 0 fully saturated rings. The number of nitrogens with zero attached hydrogens (tertiary/aromatic N) is 2. The molecule has 0 aliphatic rings. The summed E-state index contributed by atoms with van der Waals surface area (Å²) in [6.45, 7) is 6.81. The Labute approximate surface area is 172 Å². The Bertz CT molecular complexity index is 989. The van der Waals surface area contributed by atoms with Crippen molar-refractivity contribution in [1.82, 2.24) is 9.97 Å². The Morgan fingerprint density at radius 1 is 0.931 bits per heavy atom. The molecule has 0 amide bonds. The summed E-state index contributed by atoms with van der Waals surface area (Å²) < 4.78 is 10.7. The number of ether oxygens (including phenoxy) is 2. The maximum Gasteiger partial charge on any atom is 0.229 e. The number of para-hydroxylation sites is 1. The Morgan fingerprint density at radius 3 is 2.45 bits per heavy atom. The zero-order valence-electron chi connectivity index (χ0n) is 17.7. The highest BCUT2D eigenvalue weighted by Crippen LogP contribution is 2.28. The lowest BCUT2D eigenvalue weighted by atomic mass is 10.1. The molecule has 0 saturated carbocycles. The number of anilines is 3. The van der Waals surface area contributed by atoms with Gasteiger partial charge in [-0.2, -0.15) is 4.98 Å². The number of hydrogen-bond donors (Lipinski definition) is 2. The largest absolute Gasteiger partial charge is 0.493 e. The van der Waals surface area contributed by atoms with Gasteiger partial charge >= 0.3 is 0 Å². The minimum Gasteiger partial charge on any atom is -0.493 e. The van der Waals surface area contributed by atoms with Crippen molar-refractivity contribution in [3.63, 3.8) is 0 Å². The molecular formula is C23H28N4O2. The number of rotatable bonds is 8. The van der Waals surface area contributed by atoms with E-state index in [1.165, 1.54) is 11.1 Å². The van der Waals surface area contributed by atoms with Gasteiger partial charge in [0.2, 0.25) is 5.95 Å². The molecule has 1 aromatic heterocycles. The van der Waals surface area contributed by atoms with Gasteiger partial charge in [0.15, 0.2) is 11.5 Å². The van der Waals surface area contributed by atoms with Crippen LogP contribution in [0.1, 0.15) is 29.3 Å². The molecule has 6 heteroatoms. The topological polar surface area (TPSA) is 68.3 Å². The van der Waals surface area contributed by atoms with E-state index < -0.39 is 0 Å². The normalized spacial score (nSPS) is 10.5. The summed E-state index contributed by atoms with van der Waals surface area (Å²) in [6.07, 6.45) is 0.945. The van der Waals surface area contributed by atoms with E-state index in [0.29, 0.717) is 24.0 Å². The minimum absolute atomic E-state index is 0.587. The first kappa shape index (κ1) is 20.5. The van der Waals surface area contributed by atoms with Crippen molar-refractivity contribution >= 4 is 17.5 Å². The van der Waals surface area contributed by atoms with Gasteiger partial charge in [0, 0.05) is 24.0 Å². The smallest absolute Gasteiger partial charge is 0.229 e. The summed E-state index contributed by atoms with van der Waals surface area (Å²) in [7, 11) is 3.27. The maximum atomic E-state index is 5.38. The van der Waals surface area contributed by atoms with E-state index in [2.05, 4.69) is 52.6 Å². The number of hydrogen-bond acceptors (Lipinski definition) is 6. The van der Waals surface area contributed by atoms with Crippen molar-refractivity contribution in [2.24, 2.45) is 0 Å². The summed E-state index contributed by atoms with van der Waals surface area (Å²) in [4.78, 5) is 9.20.